The van der Waals surface area contributed by atoms with E-state index in [-0.39, 0.29) is 0 Å². The van der Waals surface area contributed by atoms with Gasteiger partial charge >= 0.3 is 0 Å². The van der Waals surface area contributed by atoms with E-state index >= 15 is 0 Å². The molecular formula is C16H21N. The predicted octanol–water partition coefficient (Wildman–Crippen LogP) is 3.84. The largest absolute Gasteiger partial charge is 0.370 e. The Labute approximate surface area is 104 Å². The van der Waals surface area contributed by atoms with E-state index in [1.165, 1.54) is 54.5 Å². The number of rotatable bonds is 3. The van der Waals surface area contributed by atoms with E-state index in [4.69, 9.17) is 0 Å². The Morgan fingerprint density at radius 2 is 2.18 bits per heavy atom. The van der Waals surface area contributed by atoms with Gasteiger partial charge in [-0.2, -0.15) is 0 Å². The molecule has 1 fully saturated rings. The van der Waals surface area contributed by atoms with Crippen molar-refractivity contribution in [1.82, 2.24) is 4.90 Å². The van der Waals surface area contributed by atoms with Gasteiger partial charge in [-0.3, -0.25) is 0 Å². The first-order chi connectivity index (χ1) is 8.24. The van der Waals surface area contributed by atoms with Crippen LogP contribution in [0.4, 0.5) is 0 Å². The Balaban J connectivity index is 1.71. The summed E-state index contributed by atoms with van der Waals surface area (Å²) in [6, 6.07) is 6.95. The maximum Gasteiger partial charge on any atom is 0.0433 e. The van der Waals surface area contributed by atoms with Crippen LogP contribution in [0.1, 0.15) is 42.4 Å². The molecule has 17 heavy (non-hydrogen) atoms. The van der Waals surface area contributed by atoms with Gasteiger partial charge in [0.15, 0.2) is 0 Å². The van der Waals surface area contributed by atoms with Crippen molar-refractivity contribution in [3.63, 3.8) is 0 Å². The van der Waals surface area contributed by atoms with E-state index in [0.717, 1.165) is 12.5 Å². The lowest BCUT2D eigenvalue weighted by molar-refractivity contribution is 0.296. The molecule has 1 aliphatic carbocycles. The number of hydrogen-bond donors (Lipinski definition) is 0. The summed E-state index contributed by atoms with van der Waals surface area (Å²) < 4.78 is 0. The number of fused-ring (bicyclic) bond motifs is 1. The van der Waals surface area contributed by atoms with Crippen LogP contribution >= 0.6 is 0 Å². The minimum Gasteiger partial charge on any atom is -0.370 e. The third-order valence-corrected chi connectivity index (χ3v) is 4.41. The minimum absolute atomic E-state index is 1.01. The van der Waals surface area contributed by atoms with Crippen LogP contribution in [-0.2, 0) is 13.0 Å². The highest BCUT2D eigenvalue weighted by molar-refractivity contribution is 5.69. The lowest BCUT2D eigenvalue weighted by atomic mass is 9.81. The zero-order chi connectivity index (χ0) is 11.8. The molecule has 0 N–H and O–H groups in total. The summed E-state index contributed by atoms with van der Waals surface area (Å²) in [6.07, 6.45) is 7.03. The third kappa shape index (κ3) is 1.99. The molecule has 2 aliphatic rings. The van der Waals surface area contributed by atoms with Gasteiger partial charge in [0.1, 0.15) is 0 Å². The number of hydrogen-bond acceptors (Lipinski definition) is 1. The summed E-state index contributed by atoms with van der Waals surface area (Å²) in [5.74, 6) is 1.01. The van der Waals surface area contributed by atoms with Gasteiger partial charge in [0.05, 0.1) is 0 Å². The molecule has 0 bridgehead atoms. The van der Waals surface area contributed by atoms with Crippen LogP contribution in [0.15, 0.2) is 24.8 Å². The van der Waals surface area contributed by atoms with E-state index in [2.05, 4.69) is 36.7 Å². The maximum absolute atomic E-state index is 4.13. The summed E-state index contributed by atoms with van der Waals surface area (Å²) in [5.41, 5.74) is 5.49. The molecule has 0 saturated heterocycles. The van der Waals surface area contributed by atoms with Crippen molar-refractivity contribution in [3.05, 3.63) is 41.5 Å². The van der Waals surface area contributed by atoms with Crippen LogP contribution in [0.2, 0.25) is 0 Å². The van der Waals surface area contributed by atoms with Crippen LogP contribution in [0, 0.1) is 5.92 Å². The van der Waals surface area contributed by atoms with Crippen molar-refractivity contribution in [2.75, 3.05) is 7.05 Å². The van der Waals surface area contributed by atoms with Gasteiger partial charge in [-0.1, -0.05) is 44.0 Å². The molecular weight excluding hydrogens is 206 g/mol. The molecule has 0 unspecified atom stereocenters. The van der Waals surface area contributed by atoms with Gasteiger partial charge in [0.2, 0.25) is 0 Å². The molecule has 0 atom stereocenters. The van der Waals surface area contributed by atoms with Crippen LogP contribution in [0.3, 0.4) is 0 Å². The van der Waals surface area contributed by atoms with Crippen LogP contribution in [0.25, 0.3) is 5.70 Å². The summed E-state index contributed by atoms with van der Waals surface area (Å²) in [5, 5.41) is 0. The fourth-order valence-corrected chi connectivity index (χ4v) is 2.92. The molecule has 1 aromatic carbocycles. The summed E-state index contributed by atoms with van der Waals surface area (Å²) in [6.45, 7) is 5.16. The number of benzene rings is 1. The predicted molar refractivity (Wildman–Crippen MR) is 72.6 cm³/mol. The van der Waals surface area contributed by atoms with Gasteiger partial charge < -0.3 is 4.90 Å². The van der Waals surface area contributed by atoms with Crippen LogP contribution < -0.4 is 0 Å². The Kier molecular flexibility index (Phi) is 2.70. The summed E-state index contributed by atoms with van der Waals surface area (Å²) in [7, 11) is 2.12. The van der Waals surface area contributed by atoms with E-state index in [1.54, 1.807) is 0 Å². The molecule has 0 aromatic heterocycles. The van der Waals surface area contributed by atoms with Crippen molar-refractivity contribution >= 4 is 5.70 Å². The van der Waals surface area contributed by atoms with E-state index in [0.29, 0.717) is 0 Å². The fraction of sp³-hybridized carbons (Fsp3) is 0.500. The zero-order valence-electron chi connectivity index (χ0n) is 10.7. The average molecular weight is 227 g/mol. The molecule has 3 rings (SSSR count). The molecule has 0 amide bonds. The number of nitrogens with zero attached hydrogens (tertiary/aromatic N) is 1. The molecule has 0 spiro atoms. The first-order valence-corrected chi connectivity index (χ1v) is 6.76. The molecule has 0 radical (unpaired) electrons. The first kappa shape index (κ1) is 10.9. The highest BCUT2D eigenvalue weighted by atomic mass is 15.1. The molecule has 90 valence electrons. The second-order valence-electron chi connectivity index (χ2n) is 5.63. The molecule has 1 nitrogen and oxygen atoms in total. The zero-order valence-corrected chi connectivity index (χ0v) is 10.7. The summed E-state index contributed by atoms with van der Waals surface area (Å²) in [4.78, 5) is 2.24. The van der Waals surface area contributed by atoms with Crippen molar-refractivity contribution in [2.45, 2.75) is 38.6 Å². The van der Waals surface area contributed by atoms with Crippen molar-refractivity contribution in [2.24, 2.45) is 5.92 Å². The van der Waals surface area contributed by atoms with Crippen molar-refractivity contribution in [3.8, 4) is 0 Å². The Morgan fingerprint density at radius 3 is 2.88 bits per heavy atom. The standard InChI is InChI=1S/C16H21N/c1-12-16-9-8-14(7-6-13-4-3-5-13)10-15(16)11-17(12)2/h8-10,13H,1,3-7,11H2,2H3. The smallest absolute Gasteiger partial charge is 0.0433 e. The highest BCUT2D eigenvalue weighted by Gasteiger charge is 2.20. The normalized spacial score (nSPS) is 19.4. The van der Waals surface area contributed by atoms with Gasteiger partial charge in [-0.25, -0.2) is 0 Å². The SMILES string of the molecule is C=C1c2ccc(CCC3CCC3)cc2CN1C. The van der Waals surface area contributed by atoms with E-state index in [1.807, 2.05) is 0 Å². The third-order valence-electron chi connectivity index (χ3n) is 4.41. The van der Waals surface area contributed by atoms with Gasteiger partial charge in [-0.15, -0.1) is 0 Å². The molecule has 1 heteroatoms. The van der Waals surface area contributed by atoms with Gasteiger partial charge in [0.25, 0.3) is 0 Å². The quantitative estimate of drug-likeness (QED) is 0.758. The number of aryl methyl sites for hydroxylation is 1. The van der Waals surface area contributed by atoms with E-state index in [9.17, 15) is 0 Å². The maximum atomic E-state index is 4.13. The molecule has 1 saturated carbocycles. The first-order valence-electron chi connectivity index (χ1n) is 6.76. The van der Waals surface area contributed by atoms with Gasteiger partial charge in [-0.05, 0) is 29.9 Å². The minimum atomic E-state index is 1.01. The monoisotopic (exact) mass is 227 g/mol. The van der Waals surface area contributed by atoms with E-state index < -0.39 is 0 Å². The van der Waals surface area contributed by atoms with Crippen molar-refractivity contribution < 1.29 is 0 Å². The fourth-order valence-electron chi connectivity index (χ4n) is 2.92. The summed E-state index contributed by atoms with van der Waals surface area (Å²) >= 11 is 0. The molecule has 1 aliphatic heterocycles. The molecule has 1 aromatic rings. The Morgan fingerprint density at radius 1 is 1.35 bits per heavy atom. The van der Waals surface area contributed by atoms with Crippen molar-refractivity contribution in [1.29, 1.82) is 0 Å². The van der Waals surface area contributed by atoms with Gasteiger partial charge in [0, 0.05) is 24.9 Å². The van der Waals surface area contributed by atoms with Crippen LogP contribution in [0.5, 0.6) is 0 Å². The second-order valence-corrected chi connectivity index (χ2v) is 5.63. The highest BCUT2D eigenvalue weighted by Crippen LogP contribution is 2.33. The Bertz CT molecular complexity index is 443. The average Bonchev–Trinajstić information content (AvgIpc) is 2.52. The second kappa shape index (κ2) is 4.21. The lowest BCUT2D eigenvalue weighted by Crippen LogP contribution is -2.11. The topological polar surface area (TPSA) is 3.24 Å². The Hall–Kier alpha value is -1.24. The van der Waals surface area contributed by atoms with Crippen LogP contribution in [-0.4, -0.2) is 11.9 Å². The molecule has 1 heterocycles. The lowest BCUT2D eigenvalue weighted by Gasteiger charge is -2.25.